The molecule has 164 valence electrons. The van der Waals surface area contributed by atoms with Gasteiger partial charge in [-0.1, -0.05) is 48.0 Å². The first kappa shape index (κ1) is 21.4. The number of anilines is 1. The molecule has 2 heterocycles. The van der Waals surface area contributed by atoms with Crippen LogP contribution in [0, 0.1) is 6.92 Å². The summed E-state index contributed by atoms with van der Waals surface area (Å²) in [4.78, 5) is 9.87. The predicted octanol–water partition coefficient (Wildman–Crippen LogP) is 3.00. The van der Waals surface area contributed by atoms with Crippen LogP contribution in [0.5, 0.6) is 0 Å². The summed E-state index contributed by atoms with van der Waals surface area (Å²) in [6.45, 7) is 9.34. The van der Waals surface area contributed by atoms with Crippen LogP contribution in [-0.4, -0.2) is 61.2 Å². The molecule has 2 aromatic carbocycles. The van der Waals surface area contributed by atoms with Crippen molar-refractivity contribution in [3.8, 4) is 0 Å². The van der Waals surface area contributed by atoms with Gasteiger partial charge in [0.2, 0.25) is 5.96 Å². The Morgan fingerprint density at radius 2 is 1.71 bits per heavy atom. The van der Waals surface area contributed by atoms with Gasteiger partial charge in [0.15, 0.2) is 0 Å². The highest BCUT2D eigenvalue weighted by Gasteiger charge is 2.29. The zero-order valence-corrected chi connectivity index (χ0v) is 18.9. The smallest absolute Gasteiger partial charge is 0.201 e. The van der Waals surface area contributed by atoms with Gasteiger partial charge in [0, 0.05) is 38.4 Å². The third kappa shape index (κ3) is 5.66. The second-order valence-corrected chi connectivity index (χ2v) is 8.57. The molecule has 2 aliphatic heterocycles. The van der Waals surface area contributed by atoms with Gasteiger partial charge >= 0.3 is 0 Å². The van der Waals surface area contributed by atoms with Crippen molar-refractivity contribution in [2.75, 3.05) is 45.1 Å². The molecule has 2 aliphatic rings. The van der Waals surface area contributed by atoms with Crippen molar-refractivity contribution in [2.24, 2.45) is 4.99 Å². The zero-order chi connectivity index (χ0) is 21.7. The average Bonchev–Trinajstić information content (AvgIpc) is 2.80. The number of aryl methyl sites for hydroxylation is 1. The fourth-order valence-corrected chi connectivity index (χ4v) is 3.97. The lowest BCUT2D eigenvalue weighted by molar-refractivity contribution is 0.180. The van der Waals surface area contributed by atoms with E-state index in [4.69, 9.17) is 4.99 Å². The van der Waals surface area contributed by atoms with Crippen molar-refractivity contribution >= 4 is 11.6 Å². The fourth-order valence-electron chi connectivity index (χ4n) is 3.97. The van der Waals surface area contributed by atoms with E-state index in [1.165, 1.54) is 11.1 Å². The molecule has 2 aromatic rings. The van der Waals surface area contributed by atoms with Crippen LogP contribution >= 0.6 is 0 Å². The molecule has 0 aliphatic carbocycles. The van der Waals surface area contributed by atoms with Gasteiger partial charge in [-0.2, -0.15) is 0 Å². The van der Waals surface area contributed by atoms with Gasteiger partial charge in [0.1, 0.15) is 11.5 Å². The summed E-state index contributed by atoms with van der Waals surface area (Å²) in [5.74, 6) is 1.88. The highest BCUT2D eigenvalue weighted by molar-refractivity contribution is 5.84. The topological polar surface area (TPSA) is 54.9 Å². The van der Waals surface area contributed by atoms with E-state index in [1.807, 2.05) is 7.05 Å². The summed E-state index contributed by atoms with van der Waals surface area (Å²) in [6.07, 6.45) is 3.21. The Balaban J connectivity index is 1.35. The highest BCUT2D eigenvalue weighted by atomic mass is 15.4. The molecule has 0 amide bonds. The van der Waals surface area contributed by atoms with Gasteiger partial charge in [-0.15, -0.1) is 0 Å². The van der Waals surface area contributed by atoms with Crippen LogP contribution in [0.3, 0.4) is 0 Å². The molecule has 4 rings (SSSR count). The summed E-state index contributed by atoms with van der Waals surface area (Å²) < 4.78 is 0. The van der Waals surface area contributed by atoms with Gasteiger partial charge in [0.25, 0.3) is 0 Å². The molecule has 0 saturated carbocycles. The molecule has 6 nitrogen and oxygen atoms in total. The number of hydrogen-bond acceptors (Lipinski definition) is 6. The zero-order valence-electron chi connectivity index (χ0n) is 18.9. The normalized spacial score (nSPS) is 21.8. The van der Waals surface area contributed by atoms with Crippen LogP contribution in [0.25, 0.3) is 0 Å². The lowest BCUT2D eigenvalue weighted by Gasteiger charge is -2.39. The third-order valence-electron chi connectivity index (χ3n) is 6.08. The molecule has 1 fully saturated rings. The number of nitrogens with zero attached hydrogens (tertiary/aromatic N) is 3. The molecular formula is C25H34N6. The van der Waals surface area contributed by atoms with E-state index in [9.17, 15) is 0 Å². The first-order chi connectivity index (χ1) is 15.0. The van der Waals surface area contributed by atoms with Crippen LogP contribution in [-0.2, 0) is 6.42 Å². The summed E-state index contributed by atoms with van der Waals surface area (Å²) in [5, 5.41) is 10.4. The Hall–Kier alpha value is -2.83. The number of hydrogen-bond donors (Lipinski definition) is 3. The summed E-state index contributed by atoms with van der Waals surface area (Å²) in [5.41, 5.74) is 3.28. The lowest BCUT2D eigenvalue weighted by Crippen LogP contribution is -2.56. The van der Waals surface area contributed by atoms with E-state index in [-0.39, 0.29) is 0 Å². The van der Waals surface area contributed by atoms with Crippen molar-refractivity contribution in [3.63, 3.8) is 0 Å². The molecule has 0 bridgehead atoms. The maximum absolute atomic E-state index is 4.97. The third-order valence-corrected chi connectivity index (χ3v) is 6.08. The highest BCUT2D eigenvalue weighted by Crippen LogP contribution is 2.19. The van der Waals surface area contributed by atoms with E-state index >= 15 is 0 Å². The second kappa shape index (κ2) is 9.54. The second-order valence-electron chi connectivity index (χ2n) is 8.57. The molecule has 1 saturated heterocycles. The minimum Gasteiger partial charge on any atom is -0.342 e. The fraction of sp³-hybridized carbons (Fsp3) is 0.400. The Labute approximate surface area is 186 Å². The number of likely N-dealkylation sites (N-methyl/N-ethyl adjacent to an activating group) is 1. The molecular weight excluding hydrogens is 384 g/mol. The molecule has 3 N–H and O–H groups in total. The van der Waals surface area contributed by atoms with Gasteiger partial charge in [0.05, 0.1) is 0 Å². The van der Waals surface area contributed by atoms with Gasteiger partial charge in [-0.3, -0.25) is 10.2 Å². The van der Waals surface area contributed by atoms with Crippen LogP contribution in [0.15, 0.2) is 71.5 Å². The van der Waals surface area contributed by atoms with E-state index in [1.54, 1.807) is 0 Å². The molecule has 1 atom stereocenters. The molecule has 0 spiro atoms. The summed E-state index contributed by atoms with van der Waals surface area (Å²) >= 11 is 0. The Morgan fingerprint density at radius 3 is 2.39 bits per heavy atom. The molecule has 0 radical (unpaired) electrons. The maximum Gasteiger partial charge on any atom is 0.201 e. The number of benzene rings is 2. The quantitative estimate of drug-likeness (QED) is 0.673. The molecule has 31 heavy (non-hydrogen) atoms. The molecule has 6 heteroatoms. The lowest BCUT2D eigenvalue weighted by atomic mass is 10.1. The van der Waals surface area contributed by atoms with Crippen molar-refractivity contribution in [1.82, 2.24) is 20.4 Å². The Bertz CT molecular complexity index is 913. The summed E-state index contributed by atoms with van der Waals surface area (Å²) in [7, 11) is 1.95. The standard InChI is InChI=1S/C25H34N6/c1-20-9-11-22(12-10-20)27-23-19-25(2,26-3)29-24(28-23)31-17-15-30(16-18-31)14-13-21-7-5-4-6-8-21/h4-12,19,26-27H,13-18H2,1-3H3,(H,28,29). The average molecular weight is 419 g/mol. The van der Waals surface area contributed by atoms with E-state index in [0.717, 1.165) is 56.6 Å². The number of guanidine groups is 1. The predicted molar refractivity (Wildman–Crippen MR) is 129 cm³/mol. The minimum atomic E-state index is -0.446. The maximum atomic E-state index is 4.97. The summed E-state index contributed by atoms with van der Waals surface area (Å²) in [6, 6.07) is 19.2. The Morgan fingerprint density at radius 1 is 1.00 bits per heavy atom. The van der Waals surface area contributed by atoms with Crippen molar-refractivity contribution < 1.29 is 0 Å². The van der Waals surface area contributed by atoms with Crippen molar-refractivity contribution in [1.29, 1.82) is 0 Å². The van der Waals surface area contributed by atoms with E-state index < -0.39 is 5.66 Å². The monoisotopic (exact) mass is 418 g/mol. The van der Waals surface area contributed by atoms with Crippen molar-refractivity contribution in [2.45, 2.75) is 25.9 Å². The minimum absolute atomic E-state index is 0.446. The van der Waals surface area contributed by atoms with Crippen LogP contribution in [0.4, 0.5) is 5.69 Å². The largest absolute Gasteiger partial charge is 0.342 e. The SMILES string of the molecule is CNC1(C)C=C(Nc2ccc(C)cc2)NC(N2CCN(CCc3ccccc3)CC2)=N1. The molecule has 1 unspecified atom stereocenters. The van der Waals surface area contributed by atoms with Gasteiger partial charge < -0.3 is 15.5 Å². The molecule has 0 aromatic heterocycles. The number of aliphatic imine (C=N–C) groups is 1. The van der Waals surface area contributed by atoms with Crippen LogP contribution in [0.2, 0.25) is 0 Å². The van der Waals surface area contributed by atoms with E-state index in [2.05, 4.69) is 100 Å². The van der Waals surface area contributed by atoms with Crippen molar-refractivity contribution in [3.05, 3.63) is 77.6 Å². The number of piperazine rings is 1. The van der Waals surface area contributed by atoms with Crippen LogP contribution < -0.4 is 16.0 Å². The van der Waals surface area contributed by atoms with Gasteiger partial charge in [-0.05, 0) is 51.1 Å². The first-order valence-corrected chi connectivity index (χ1v) is 11.2. The van der Waals surface area contributed by atoms with E-state index in [0.29, 0.717) is 0 Å². The first-order valence-electron chi connectivity index (χ1n) is 11.2. The number of rotatable bonds is 6. The Kier molecular flexibility index (Phi) is 6.59. The van der Waals surface area contributed by atoms with Crippen LogP contribution in [0.1, 0.15) is 18.1 Å². The number of nitrogens with one attached hydrogen (secondary N) is 3. The van der Waals surface area contributed by atoms with Gasteiger partial charge in [-0.25, -0.2) is 4.99 Å².